The van der Waals surface area contributed by atoms with Crippen LogP contribution in [0, 0.1) is 6.92 Å². The van der Waals surface area contributed by atoms with Crippen LogP contribution in [0.4, 0.5) is 8.78 Å². The number of benzene rings is 2. The van der Waals surface area contributed by atoms with Crippen molar-refractivity contribution in [2.45, 2.75) is 38.2 Å². The number of alkyl halides is 2. The number of rotatable bonds is 8. The van der Waals surface area contributed by atoms with E-state index in [0.717, 1.165) is 11.6 Å². The van der Waals surface area contributed by atoms with Crippen LogP contribution in [-0.2, 0) is 21.4 Å². The number of halogens is 2. The molecule has 176 valence electrons. The van der Waals surface area contributed by atoms with Gasteiger partial charge in [0.2, 0.25) is 0 Å². The second-order valence-electron chi connectivity index (χ2n) is 7.12. The maximum Gasteiger partial charge on any atom is 1.00 e. The number of carbonyl (C=O) groups is 1. The topological polar surface area (TPSA) is 113 Å². The predicted molar refractivity (Wildman–Crippen MR) is 117 cm³/mol. The molecule has 34 heavy (non-hydrogen) atoms. The van der Waals surface area contributed by atoms with Crippen LogP contribution < -0.4 is 34.3 Å². The Morgan fingerprint density at radius 1 is 1.21 bits per heavy atom. The molecule has 0 fully saturated rings. The van der Waals surface area contributed by atoms with Gasteiger partial charge in [0.25, 0.3) is 6.43 Å². The van der Waals surface area contributed by atoms with E-state index in [2.05, 4.69) is 9.82 Å². The SMILES string of the molecule is CCC(=O)[N-]S(=O)(=O)c1ccc(-n2nc(C(F)F)cc2-c2ccc(OC)c(C)c2)cc1CO.[Na+]. The number of carbonyl (C=O) groups excluding carboxylic acids is 1. The van der Waals surface area contributed by atoms with E-state index in [1.807, 2.05) is 6.92 Å². The zero-order valence-electron chi connectivity index (χ0n) is 19.1. The van der Waals surface area contributed by atoms with E-state index in [9.17, 15) is 27.1 Å². The summed E-state index contributed by atoms with van der Waals surface area (Å²) in [6, 6.07) is 10.2. The molecular formula is C22H22F2N3NaO5S. The summed E-state index contributed by atoms with van der Waals surface area (Å²) in [6.07, 6.45) is -2.93. The fraction of sp³-hybridized carbons (Fsp3) is 0.273. The monoisotopic (exact) mass is 501 g/mol. The third-order valence-electron chi connectivity index (χ3n) is 4.90. The van der Waals surface area contributed by atoms with Gasteiger partial charge in [0.15, 0.2) is 0 Å². The van der Waals surface area contributed by atoms with Gasteiger partial charge in [0.1, 0.15) is 21.5 Å². The number of hydrogen-bond acceptors (Lipinski definition) is 6. The number of ether oxygens (including phenoxy) is 1. The van der Waals surface area contributed by atoms with Gasteiger partial charge in [0.05, 0.1) is 35.9 Å². The van der Waals surface area contributed by atoms with Crippen molar-refractivity contribution in [2.24, 2.45) is 0 Å². The Bertz CT molecular complexity index is 1300. The summed E-state index contributed by atoms with van der Waals surface area (Å²) >= 11 is 0. The Morgan fingerprint density at radius 3 is 2.47 bits per heavy atom. The molecule has 0 atom stereocenters. The molecule has 1 N–H and O–H groups in total. The normalized spacial score (nSPS) is 11.3. The minimum atomic E-state index is -4.35. The van der Waals surface area contributed by atoms with E-state index in [0.29, 0.717) is 17.0 Å². The fourth-order valence-corrected chi connectivity index (χ4v) is 4.46. The van der Waals surface area contributed by atoms with Crippen molar-refractivity contribution < 1.29 is 61.4 Å². The van der Waals surface area contributed by atoms with Crippen molar-refractivity contribution in [1.29, 1.82) is 0 Å². The molecule has 8 nitrogen and oxygen atoms in total. The fourth-order valence-electron chi connectivity index (χ4n) is 3.27. The molecule has 1 amide bonds. The van der Waals surface area contributed by atoms with Gasteiger partial charge < -0.3 is 19.4 Å². The number of hydrogen-bond donors (Lipinski definition) is 1. The molecule has 0 bridgehead atoms. The number of amides is 1. The van der Waals surface area contributed by atoms with Gasteiger partial charge in [-0.25, -0.2) is 21.9 Å². The first-order valence-corrected chi connectivity index (χ1v) is 11.3. The molecule has 0 saturated heterocycles. The molecule has 0 unspecified atom stereocenters. The molecule has 12 heteroatoms. The van der Waals surface area contributed by atoms with Crippen molar-refractivity contribution in [2.75, 3.05) is 7.11 Å². The van der Waals surface area contributed by atoms with Crippen LogP contribution in [0.15, 0.2) is 47.4 Å². The van der Waals surface area contributed by atoms with Crippen LogP contribution >= 0.6 is 0 Å². The molecule has 3 rings (SSSR count). The predicted octanol–water partition coefficient (Wildman–Crippen LogP) is 1.29. The second-order valence-corrected chi connectivity index (χ2v) is 8.69. The maximum atomic E-state index is 13.5. The van der Waals surface area contributed by atoms with Gasteiger partial charge in [-0.15, -0.1) is 0 Å². The second kappa shape index (κ2) is 11.4. The van der Waals surface area contributed by atoms with E-state index in [-0.39, 0.29) is 52.1 Å². The molecule has 0 radical (unpaired) electrons. The van der Waals surface area contributed by atoms with Gasteiger partial charge in [-0.05, 0) is 66.9 Å². The summed E-state index contributed by atoms with van der Waals surface area (Å²) in [4.78, 5) is 11.2. The summed E-state index contributed by atoms with van der Waals surface area (Å²) in [6.45, 7) is 2.60. The Balaban J connectivity index is 0.00000408. The third-order valence-corrected chi connectivity index (χ3v) is 6.30. The van der Waals surface area contributed by atoms with Gasteiger partial charge in [-0.2, -0.15) is 5.10 Å². The molecule has 0 aliphatic carbocycles. The smallest absolute Gasteiger partial charge is 0.542 e. The van der Waals surface area contributed by atoms with Crippen molar-refractivity contribution >= 4 is 15.9 Å². The van der Waals surface area contributed by atoms with Gasteiger partial charge >= 0.3 is 29.6 Å². The first-order chi connectivity index (χ1) is 15.6. The summed E-state index contributed by atoms with van der Waals surface area (Å²) in [5.74, 6) is -0.199. The molecular weight excluding hydrogens is 479 g/mol. The van der Waals surface area contributed by atoms with Crippen molar-refractivity contribution in [3.63, 3.8) is 0 Å². The van der Waals surface area contributed by atoms with Crippen molar-refractivity contribution in [1.82, 2.24) is 9.78 Å². The third kappa shape index (κ3) is 5.84. The minimum Gasteiger partial charge on any atom is -0.542 e. The van der Waals surface area contributed by atoms with Crippen LogP contribution in [0.3, 0.4) is 0 Å². The average Bonchev–Trinajstić information content (AvgIpc) is 3.24. The van der Waals surface area contributed by atoms with E-state index >= 15 is 0 Å². The van der Waals surface area contributed by atoms with Crippen LogP contribution in [0.5, 0.6) is 5.75 Å². The van der Waals surface area contributed by atoms with E-state index < -0.39 is 34.7 Å². The number of aryl methyl sites for hydroxylation is 1. The number of sulfonamides is 1. The van der Waals surface area contributed by atoms with Crippen LogP contribution in [0.2, 0.25) is 0 Å². The molecule has 1 heterocycles. The summed E-state index contributed by atoms with van der Waals surface area (Å²) in [5, 5.41) is 13.7. The van der Waals surface area contributed by atoms with E-state index in [1.165, 1.54) is 36.9 Å². The number of aliphatic hydroxyl groups is 1. The number of methoxy groups -OCH3 is 1. The summed E-state index contributed by atoms with van der Waals surface area (Å²) < 4.78 is 61.6. The Morgan fingerprint density at radius 2 is 1.91 bits per heavy atom. The number of nitrogens with zero attached hydrogens (tertiary/aromatic N) is 3. The Hall–Kier alpha value is -2.31. The van der Waals surface area contributed by atoms with Gasteiger partial charge in [-0.3, -0.25) is 0 Å². The van der Waals surface area contributed by atoms with Crippen LogP contribution in [0.1, 0.15) is 36.6 Å². The van der Waals surface area contributed by atoms with Crippen molar-refractivity contribution in [3.05, 3.63) is 64.0 Å². The zero-order chi connectivity index (χ0) is 24.3. The Labute approximate surface area is 218 Å². The number of aromatic nitrogens is 2. The Kier molecular flexibility index (Phi) is 9.37. The maximum absolute atomic E-state index is 13.5. The zero-order valence-corrected chi connectivity index (χ0v) is 21.9. The van der Waals surface area contributed by atoms with Gasteiger partial charge in [0, 0.05) is 5.56 Å². The molecule has 0 aliphatic rings. The minimum absolute atomic E-state index is 0. The first kappa shape index (κ1) is 27.9. The summed E-state index contributed by atoms with van der Waals surface area (Å²) in [5.41, 5.74) is 1.42. The summed E-state index contributed by atoms with van der Waals surface area (Å²) in [7, 11) is -2.82. The number of aliphatic hydroxyl groups excluding tert-OH is 1. The molecule has 3 aromatic rings. The van der Waals surface area contributed by atoms with Gasteiger partial charge in [-0.1, -0.05) is 6.92 Å². The van der Waals surface area contributed by atoms with Crippen molar-refractivity contribution in [3.8, 4) is 22.7 Å². The molecule has 0 saturated carbocycles. The largest absolute Gasteiger partial charge is 1.00 e. The van der Waals surface area contributed by atoms with Crippen LogP contribution in [0.25, 0.3) is 21.7 Å². The average molecular weight is 501 g/mol. The standard InChI is InChI=1S/C22H23F2N3O5S.Na/c1-4-21(29)26-33(30,31)20-8-6-16(10-15(20)12-28)27-18(11-17(25-27)22(23)24)14-5-7-19(32-3)13(2)9-14;/h5-11,22,28H,4,12H2,1-3H3,(H,26,29);/q;+1/p-1. The first-order valence-electron chi connectivity index (χ1n) is 9.89. The quantitative estimate of drug-likeness (QED) is 0.466. The van der Waals surface area contributed by atoms with E-state index in [4.69, 9.17) is 4.74 Å². The van der Waals surface area contributed by atoms with E-state index in [1.54, 1.807) is 18.2 Å². The molecule has 0 aliphatic heterocycles. The van der Waals surface area contributed by atoms with Crippen LogP contribution in [-0.4, -0.2) is 36.3 Å². The molecule has 2 aromatic carbocycles. The molecule has 0 spiro atoms. The molecule has 1 aromatic heterocycles.